The Bertz CT molecular complexity index is 1080. The molecule has 1 fully saturated rings. The first-order chi connectivity index (χ1) is 14.3. The second kappa shape index (κ2) is 7.88. The maximum Gasteiger partial charge on any atom is 0.340 e. The van der Waals surface area contributed by atoms with E-state index in [0.717, 1.165) is 15.0 Å². The molecular weight excluding hydrogens is 457 g/mol. The third-order valence-corrected chi connectivity index (χ3v) is 5.58. The van der Waals surface area contributed by atoms with Gasteiger partial charge in [-0.1, -0.05) is 22.0 Å². The molecule has 1 saturated heterocycles. The zero-order valence-corrected chi connectivity index (χ0v) is 17.4. The lowest BCUT2D eigenvalue weighted by Crippen LogP contribution is -2.52. The van der Waals surface area contributed by atoms with E-state index < -0.39 is 23.9 Å². The second-order valence-electron chi connectivity index (χ2n) is 6.81. The molecule has 0 bridgehead atoms. The highest BCUT2D eigenvalue weighted by Crippen LogP contribution is 2.27. The summed E-state index contributed by atoms with van der Waals surface area (Å²) in [6.07, 6.45) is 2.04. The van der Waals surface area contributed by atoms with Crippen molar-refractivity contribution < 1.29 is 18.8 Å². The van der Waals surface area contributed by atoms with Crippen molar-refractivity contribution >= 4 is 45.2 Å². The number of benzene rings is 2. The van der Waals surface area contributed by atoms with Gasteiger partial charge in [0.25, 0.3) is 5.91 Å². The quantitative estimate of drug-likeness (QED) is 0.714. The second-order valence-corrected chi connectivity index (χ2v) is 7.66. The Hall–Kier alpha value is -3.24. The number of nitrogens with one attached hydrogen (secondary N) is 2. The minimum atomic E-state index is -0.964. The molecule has 2 N–H and O–H groups in total. The Morgan fingerprint density at radius 1 is 1.20 bits per heavy atom. The van der Waals surface area contributed by atoms with Gasteiger partial charge < -0.3 is 5.32 Å². The number of carbonyl (C=O) groups is 3. The molecule has 2 aliphatic heterocycles. The molecule has 0 radical (unpaired) electrons. The maximum absolute atomic E-state index is 13.3. The van der Waals surface area contributed by atoms with Crippen molar-refractivity contribution in [3.05, 3.63) is 70.7 Å². The predicted molar refractivity (Wildman–Crippen MR) is 111 cm³/mol. The van der Waals surface area contributed by atoms with E-state index in [1.54, 1.807) is 6.07 Å². The van der Waals surface area contributed by atoms with Crippen LogP contribution >= 0.6 is 15.9 Å². The van der Waals surface area contributed by atoms with Gasteiger partial charge in [0, 0.05) is 28.2 Å². The van der Waals surface area contributed by atoms with E-state index in [9.17, 15) is 18.8 Å². The molecule has 0 aliphatic carbocycles. The Kier molecular flexibility index (Phi) is 5.27. The van der Waals surface area contributed by atoms with Crippen LogP contribution in [0.2, 0.25) is 0 Å². The number of nitrogens with zero attached hydrogens (tertiary/aromatic N) is 3. The average molecular weight is 474 g/mol. The number of carbonyl (C=O) groups excluding carboxylic acids is 3. The highest BCUT2D eigenvalue weighted by molar-refractivity contribution is 9.10. The molecule has 154 valence electrons. The van der Waals surface area contributed by atoms with E-state index in [0.29, 0.717) is 5.69 Å². The van der Waals surface area contributed by atoms with Crippen LogP contribution in [0.25, 0.3) is 0 Å². The zero-order valence-electron chi connectivity index (χ0n) is 15.8. The number of hydrazine groups is 1. The lowest BCUT2D eigenvalue weighted by molar-refractivity contribution is -0.123. The van der Waals surface area contributed by atoms with Gasteiger partial charge in [0.15, 0.2) is 6.17 Å². The fourth-order valence-electron chi connectivity index (χ4n) is 3.20. The van der Waals surface area contributed by atoms with Gasteiger partial charge in [0.05, 0.1) is 0 Å². The molecule has 8 nitrogen and oxygen atoms in total. The summed E-state index contributed by atoms with van der Waals surface area (Å²) in [5.74, 6) is -1.38. The summed E-state index contributed by atoms with van der Waals surface area (Å²) in [7, 11) is 0. The number of hydrogen-bond acceptors (Lipinski definition) is 4. The molecular formula is C20H17BrFN5O3. The van der Waals surface area contributed by atoms with Crippen LogP contribution in [0.1, 0.15) is 5.56 Å². The molecule has 2 aromatic carbocycles. The van der Waals surface area contributed by atoms with E-state index in [1.165, 1.54) is 46.5 Å². The monoisotopic (exact) mass is 473 g/mol. The number of aryl methyl sites for hydroxylation is 1. The minimum absolute atomic E-state index is 0.275. The number of anilines is 2. The normalized spacial score (nSPS) is 18.1. The lowest BCUT2D eigenvalue weighted by Gasteiger charge is -2.29. The molecule has 10 heteroatoms. The summed E-state index contributed by atoms with van der Waals surface area (Å²) >= 11 is 3.43. The van der Waals surface area contributed by atoms with Gasteiger partial charge in [0.1, 0.15) is 12.4 Å². The molecule has 1 atom stereocenters. The fourth-order valence-corrected chi connectivity index (χ4v) is 3.44. The topological polar surface area (TPSA) is 85.0 Å². The van der Waals surface area contributed by atoms with Crippen molar-refractivity contribution in [2.24, 2.45) is 0 Å². The molecule has 1 unspecified atom stereocenters. The van der Waals surface area contributed by atoms with Crippen LogP contribution in [0.3, 0.4) is 0 Å². The van der Waals surface area contributed by atoms with Crippen LogP contribution in [0.15, 0.2) is 59.3 Å². The number of halogens is 2. The summed E-state index contributed by atoms with van der Waals surface area (Å²) in [6.45, 7) is 1.56. The molecule has 4 rings (SSSR count). The first-order valence-electron chi connectivity index (χ1n) is 9.02. The van der Waals surface area contributed by atoms with Crippen LogP contribution in [-0.2, 0) is 9.59 Å². The minimum Gasteiger partial charge on any atom is -0.324 e. The van der Waals surface area contributed by atoms with Gasteiger partial charge in [-0.2, -0.15) is 5.43 Å². The van der Waals surface area contributed by atoms with Crippen molar-refractivity contribution in [1.29, 1.82) is 0 Å². The molecule has 4 amide bonds. The van der Waals surface area contributed by atoms with Crippen molar-refractivity contribution in [3.63, 3.8) is 0 Å². The summed E-state index contributed by atoms with van der Waals surface area (Å²) in [5, 5.41) is 3.57. The highest BCUT2D eigenvalue weighted by atomic mass is 79.9. The van der Waals surface area contributed by atoms with Crippen LogP contribution in [-0.4, -0.2) is 40.5 Å². The van der Waals surface area contributed by atoms with Gasteiger partial charge in [-0.25, -0.2) is 14.2 Å². The molecule has 0 aromatic heterocycles. The molecule has 2 heterocycles. The van der Waals surface area contributed by atoms with Gasteiger partial charge in [-0.3, -0.25) is 19.4 Å². The molecule has 0 spiro atoms. The van der Waals surface area contributed by atoms with E-state index in [1.807, 2.05) is 19.1 Å². The van der Waals surface area contributed by atoms with Gasteiger partial charge in [0.2, 0.25) is 5.91 Å². The smallest absolute Gasteiger partial charge is 0.324 e. The van der Waals surface area contributed by atoms with Gasteiger partial charge >= 0.3 is 6.03 Å². The van der Waals surface area contributed by atoms with E-state index in [4.69, 9.17) is 0 Å². The summed E-state index contributed by atoms with van der Waals surface area (Å²) in [5.41, 5.74) is 4.67. The predicted octanol–water partition coefficient (Wildman–Crippen LogP) is 2.92. The lowest BCUT2D eigenvalue weighted by atomic mass is 10.2. The van der Waals surface area contributed by atoms with Crippen molar-refractivity contribution in [3.8, 4) is 0 Å². The van der Waals surface area contributed by atoms with Crippen LogP contribution < -0.4 is 15.6 Å². The highest BCUT2D eigenvalue weighted by Gasteiger charge is 2.44. The Labute approximate surface area is 180 Å². The first kappa shape index (κ1) is 20.0. The van der Waals surface area contributed by atoms with E-state index in [-0.39, 0.29) is 18.1 Å². The molecule has 2 aromatic rings. The van der Waals surface area contributed by atoms with Gasteiger partial charge in [-0.15, -0.1) is 0 Å². The molecule has 2 aliphatic rings. The summed E-state index contributed by atoms with van der Waals surface area (Å²) in [4.78, 5) is 40.5. The van der Waals surface area contributed by atoms with Crippen LogP contribution in [0, 0.1) is 12.7 Å². The molecule has 0 saturated carbocycles. The maximum atomic E-state index is 13.3. The van der Waals surface area contributed by atoms with Gasteiger partial charge in [-0.05, 0) is 48.9 Å². The zero-order chi connectivity index (χ0) is 21.4. The van der Waals surface area contributed by atoms with Crippen molar-refractivity contribution in [2.45, 2.75) is 13.1 Å². The Balaban J connectivity index is 1.46. The third kappa shape index (κ3) is 3.79. The Morgan fingerprint density at radius 2 is 2.00 bits per heavy atom. The number of urea groups is 1. The number of hydrogen-bond donors (Lipinski definition) is 2. The number of fused-ring (bicyclic) bond motifs is 1. The Morgan fingerprint density at radius 3 is 2.73 bits per heavy atom. The van der Waals surface area contributed by atoms with Crippen molar-refractivity contribution in [1.82, 2.24) is 15.3 Å². The number of amides is 4. The SMILES string of the molecule is Cc1cc(N2C=CN3C(=O)N(CC(=O)Nc4cccc(F)c4)NC3C2=O)ccc1Br. The van der Waals surface area contributed by atoms with Crippen LogP contribution in [0.5, 0.6) is 0 Å². The third-order valence-electron chi connectivity index (χ3n) is 4.69. The molecule has 30 heavy (non-hydrogen) atoms. The van der Waals surface area contributed by atoms with E-state index in [2.05, 4.69) is 26.7 Å². The van der Waals surface area contributed by atoms with E-state index >= 15 is 0 Å². The standard InChI is InChI=1S/C20H17BrFN5O3/c1-12-9-15(5-6-16(12)21)25-7-8-26-18(19(25)29)24-27(20(26)30)11-17(28)23-14-4-2-3-13(22)10-14/h2-10,18,24H,11H2,1H3,(H,23,28). The number of rotatable bonds is 4. The summed E-state index contributed by atoms with van der Waals surface area (Å²) < 4.78 is 14.2. The largest absolute Gasteiger partial charge is 0.340 e. The fraction of sp³-hybridized carbons (Fsp3) is 0.150. The van der Waals surface area contributed by atoms with Crippen molar-refractivity contribution in [2.75, 3.05) is 16.8 Å². The average Bonchev–Trinajstić information content (AvgIpc) is 3.01. The summed E-state index contributed by atoms with van der Waals surface area (Å²) in [6, 6.07) is 10.4. The first-order valence-corrected chi connectivity index (χ1v) is 9.82. The van der Waals surface area contributed by atoms with Crippen LogP contribution in [0.4, 0.5) is 20.6 Å².